The lowest BCUT2D eigenvalue weighted by molar-refractivity contribution is -0.125. The molecule has 3 N–H and O–H groups in total. The summed E-state index contributed by atoms with van der Waals surface area (Å²) in [6, 6.07) is 5.55. The molecule has 7 heteroatoms. The lowest BCUT2D eigenvalue weighted by Crippen LogP contribution is -2.35. The highest BCUT2D eigenvalue weighted by Gasteiger charge is 2.31. The number of hydrogen-bond acceptors (Lipinski definition) is 4. The number of carbonyl (C=O) groups is 1. The van der Waals surface area contributed by atoms with Crippen LogP contribution in [0, 0.1) is 11.3 Å². The van der Waals surface area contributed by atoms with Crippen molar-refractivity contribution >= 4 is 21.6 Å². The molecule has 0 radical (unpaired) electrons. The molecule has 0 saturated heterocycles. The average molecular weight is 300 g/mol. The Labute approximate surface area is 119 Å². The van der Waals surface area contributed by atoms with Crippen molar-refractivity contribution in [3.05, 3.63) is 24.3 Å². The quantitative estimate of drug-likeness (QED) is 0.724. The Balaban J connectivity index is 2.89. The van der Waals surface area contributed by atoms with Crippen molar-refractivity contribution in [3.8, 4) is 0 Å². The zero-order chi connectivity index (χ0) is 15.6. The van der Waals surface area contributed by atoms with Gasteiger partial charge in [0.05, 0.1) is 4.90 Å². The zero-order valence-electron chi connectivity index (χ0n) is 12.0. The summed E-state index contributed by atoms with van der Waals surface area (Å²) in [7, 11) is -3.89. The van der Waals surface area contributed by atoms with Gasteiger partial charge in [-0.05, 0) is 30.2 Å². The van der Waals surface area contributed by atoms with Gasteiger partial charge < -0.3 is 10.5 Å². The Morgan fingerprint density at radius 3 is 2.10 bits per heavy atom. The molecule has 1 rings (SSSR count). The van der Waals surface area contributed by atoms with E-state index < -0.39 is 15.4 Å². The Morgan fingerprint density at radius 1 is 1.20 bits per heavy atom. The Bertz CT molecular complexity index is 577. The minimum absolute atomic E-state index is 0.0823. The van der Waals surface area contributed by atoms with E-state index in [2.05, 4.69) is 5.32 Å². The Morgan fingerprint density at radius 2 is 1.70 bits per heavy atom. The maximum absolute atomic E-state index is 12.1. The molecule has 0 fully saturated rings. The fourth-order valence-corrected chi connectivity index (χ4v) is 1.92. The van der Waals surface area contributed by atoms with E-state index in [1.165, 1.54) is 29.2 Å². The lowest BCUT2D eigenvalue weighted by Gasteiger charge is -2.27. The molecular weight excluding hydrogens is 280 g/mol. The van der Waals surface area contributed by atoms with E-state index in [1.54, 1.807) is 0 Å². The molecule has 0 aliphatic heterocycles. The van der Waals surface area contributed by atoms with E-state index in [-0.39, 0.29) is 16.7 Å². The molecular formula is C13H20N2O4S. The first kappa shape index (κ1) is 16.6. The summed E-state index contributed by atoms with van der Waals surface area (Å²) in [4.78, 5) is 13.3. The van der Waals surface area contributed by atoms with Crippen LogP contribution in [-0.4, -0.2) is 19.5 Å². The number of amides is 1. The minimum Gasteiger partial charge on any atom is -0.326 e. The zero-order valence-corrected chi connectivity index (χ0v) is 12.8. The van der Waals surface area contributed by atoms with Gasteiger partial charge in [-0.25, -0.2) is 8.42 Å². The van der Waals surface area contributed by atoms with Gasteiger partial charge in [0.15, 0.2) is 0 Å². The Kier molecular flexibility index (Phi) is 4.90. The molecule has 0 bridgehead atoms. The molecule has 6 nitrogen and oxygen atoms in total. The fourth-order valence-electron chi connectivity index (χ4n) is 1.32. The molecule has 0 aromatic heterocycles. The fraction of sp³-hybridized carbons (Fsp3) is 0.462. The summed E-state index contributed by atoms with van der Waals surface area (Å²) in [6.07, 6.45) is 0. The third kappa shape index (κ3) is 3.56. The normalized spacial score (nSPS) is 12.5. The molecule has 112 valence electrons. The van der Waals surface area contributed by atoms with Gasteiger partial charge in [-0.15, -0.1) is 0 Å². The van der Waals surface area contributed by atoms with Crippen LogP contribution in [0.3, 0.4) is 0 Å². The topological polar surface area (TPSA) is 95.5 Å². The summed E-state index contributed by atoms with van der Waals surface area (Å²) in [5.74, 6) is 0.0316. The van der Waals surface area contributed by atoms with Crippen molar-refractivity contribution in [2.45, 2.75) is 32.6 Å². The molecule has 0 spiro atoms. The van der Waals surface area contributed by atoms with Crippen LogP contribution >= 0.6 is 0 Å². The molecule has 1 amide bonds. The van der Waals surface area contributed by atoms with E-state index in [0.29, 0.717) is 5.69 Å². The average Bonchev–Trinajstić information content (AvgIpc) is 2.39. The van der Waals surface area contributed by atoms with Crippen molar-refractivity contribution in [1.82, 2.24) is 4.89 Å². The van der Waals surface area contributed by atoms with Gasteiger partial charge in [-0.3, -0.25) is 4.79 Å². The first-order valence-corrected chi connectivity index (χ1v) is 7.67. The van der Waals surface area contributed by atoms with Crippen LogP contribution in [0.15, 0.2) is 29.2 Å². The molecule has 0 aliphatic carbocycles. The summed E-state index contributed by atoms with van der Waals surface area (Å²) in [5, 5.41) is 11.3. The van der Waals surface area contributed by atoms with Gasteiger partial charge in [0.2, 0.25) is 5.91 Å². The van der Waals surface area contributed by atoms with E-state index in [1.807, 2.05) is 27.7 Å². The maximum Gasteiger partial charge on any atom is 0.262 e. The van der Waals surface area contributed by atoms with Gasteiger partial charge in [-0.1, -0.05) is 32.6 Å². The monoisotopic (exact) mass is 300 g/mol. The van der Waals surface area contributed by atoms with Gasteiger partial charge in [0.25, 0.3) is 10.0 Å². The number of carbonyl (C=O) groups excluding carboxylic acids is 1. The third-order valence-corrected chi connectivity index (χ3v) is 4.70. The van der Waals surface area contributed by atoms with Crippen LogP contribution in [-0.2, 0) is 14.8 Å². The second-order valence-corrected chi connectivity index (χ2v) is 7.11. The summed E-state index contributed by atoms with van der Waals surface area (Å²) >= 11 is 0. The molecule has 20 heavy (non-hydrogen) atoms. The standard InChI is InChI=1S/C13H20N2O4S/c1-9(2)13(3,4)12(16)14-10-5-7-11(8-6-10)20(18,19)15-17/h5-9,15,17H,1-4H3,(H,14,16). The highest BCUT2D eigenvalue weighted by atomic mass is 32.2. The number of nitrogens with one attached hydrogen (secondary N) is 2. The SMILES string of the molecule is CC(C)C(C)(C)C(=O)Nc1ccc(S(=O)(=O)NO)cc1. The first-order chi connectivity index (χ1) is 9.11. The molecule has 1 aromatic rings. The van der Waals surface area contributed by atoms with Crippen LogP contribution in [0.2, 0.25) is 0 Å². The largest absolute Gasteiger partial charge is 0.326 e. The number of anilines is 1. The molecule has 0 saturated carbocycles. The Hall–Kier alpha value is -1.44. The van der Waals surface area contributed by atoms with Crippen molar-refractivity contribution in [1.29, 1.82) is 0 Å². The van der Waals surface area contributed by atoms with E-state index in [0.717, 1.165) is 0 Å². The number of rotatable bonds is 5. The summed E-state index contributed by atoms with van der Waals surface area (Å²) in [6.45, 7) is 7.62. The summed E-state index contributed by atoms with van der Waals surface area (Å²) in [5.41, 5.74) is -0.0298. The van der Waals surface area contributed by atoms with Gasteiger partial charge >= 0.3 is 0 Å². The van der Waals surface area contributed by atoms with Crippen LogP contribution in [0.1, 0.15) is 27.7 Å². The number of hydrogen-bond donors (Lipinski definition) is 3. The van der Waals surface area contributed by atoms with Crippen LogP contribution in [0.5, 0.6) is 0 Å². The first-order valence-electron chi connectivity index (χ1n) is 6.18. The molecule has 0 heterocycles. The van der Waals surface area contributed by atoms with Gasteiger partial charge in [0, 0.05) is 11.1 Å². The lowest BCUT2D eigenvalue weighted by atomic mass is 9.80. The molecule has 1 aromatic carbocycles. The second kappa shape index (κ2) is 5.90. The van der Waals surface area contributed by atoms with Gasteiger partial charge in [0.1, 0.15) is 0 Å². The van der Waals surface area contributed by atoms with Gasteiger partial charge in [-0.2, -0.15) is 0 Å². The van der Waals surface area contributed by atoms with Crippen molar-refractivity contribution in [2.75, 3.05) is 5.32 Å². The van der Waals surface area contributed by atoms with Crippen LogP contribution in [0.4, 0.5) is 5.69 Å². The van der Waals surface area contributed by atoms with E-state index in [4.69, 9.17) is 5.21 Å². The minimum atomic E-state index is -3.89. The smallest absolute Gasteiger partial charge is 0.262 e. The maximum atomic E-state index is 12.1. The number of sulfonamides is 1. The van der Waals surface area contributed by atoms with E-state index >= 15 is 0 Å². The second-order valence-electron chi connectivity index (χ2n) is 5.45. The third-order valence-electron chi connectivity index (χ3n) is 3.57. The van der Waals surface area contributed by atoms with Crippen molar-refractivity contribution < 1.29 is 18.4 Å². The predicted molar refractivity (Wildman–Crippen MR) is 75.8 cm³/mol. The predicted octanol–water partition coefficient (Wildman–Crippen LogP) is 1.97. The molecule has 0 unspecified atom stereocenters. The molecule has 0 aliphatic rings. The summed E-state index contributed by atoms with van der Waals surface area (Å²) < 4.78 is 22.7. The highest BCUT2D eigenvalue weighted by molar-refractivity contribution is 7.89. The number of benzene rings is 1. The van der Waals surface area contributed by atoms with Crippen LogP contribution < -0.4 is 10.2 Å². The molecule has 0 atom stereocenters. The van der Waals surface area contributed by atoms with Crippen molar-refractivity contribution in [3.63, 3.8) is 0 Å². The van der Waals surface area contributed by atoms with E-state index in [9.17, 15) is 13.2 Å². The highest BCUT2D eigenvalue weighted by Crippen LogP contribution is 2.28. The van der Waals surface area contributed by atoms with Crippen LogP contribution in [0.25, 0.3) is 0 Å². The van der Waals surface area contributed by atoms with Crippen molar-refractivity contribution in [2.24, 2.45) is 11.3 Å².